The van der Waals surface area contributed by atoms with Gasteiger partial charge in [-0.2, -0.15) is 4.98 Å². The Hall–Kier alpha value is -2.81. The predicted octanol–water partition coefficient (Wildman–Crippen LogP) is 6.63. The van der Waals surface area contributed by atoms with E-state index in [9.17, 15) is 13.2 Å². The van der Waals surface area contributed by atoms with Crippen molar-refractivity contribution in [3.63, 3.8) is 0 Å². The fraction of sp³-hybridized carbons (Fsp3) is 0.273. The summed E-state index contributed by atoms with van der Waals surface area (Å²) < 4.78 is 42.8. The van der Waals surface area contributed by atoms with E-state index in [1.807, 2.05) is 38.1 Å². The highest BCUT2D eigenvalue weighted by atomic mass is 79.9. The Labute approximate surface area is 187 Å². The maximum atomic E-state index is 12.6. The second-order valence-electron chi connectivity index (χ2n) is 6.94. The second kappa shape index (κ2) is 10.00. The quantitative estimate of drug-likeness (QED) is 0.368. The molecule has 0 unspecified atom stereocenters. The molecule has 0 radical (unpaired) electrons. The van der Waals surface area contributed by atoms with Crippen molar-refractivity contribution in [3.8, 4) is 17.0 Å². The van der Waals surface area contributed by atoms with Crippen LogP contribution in [0.2, 0.25) is 0 Å². The maximum Gasteiger partial charge on any atom is 0.573 e. The van der Waals surface area contributed by atoms with Crippen LogP contribution in [-0.4, -0.2) is 22.4 Å². The lowest BCUT2D eigenvalue weighted by Crippen LogP contribution is -2.17. The Balaban J connectivity index is 1.92. The van der Waals surface area contributed by atoms with Gasteiger partial charge in [-0.1, -0.05) is 53.2 Å². The summed E-state index contributed by atoms with van der Waals surface area (Å²) in [5.74, 6) is 0.639. The van der Waals surface area contributed by atoms with Crippen LogP contribution < -0.4 is 15.4 Å². The summed E-state index contributed by atoms with van der Waals surface area (Å²) in [6.45, 7) is 4.55. The SMILES string of the molecule is CC[C@H](C)Nc1nc(NCc2ccccc2Br)cc(-c2cccc(OC(F)(F)F)c2)n1. The summed E-state index contributed by atoms with van der Waals surface area (Å²) in [5.41, 5.74) is 2.00. The molecule has 0 spiro atoms. The molecule has 0 aliphatic carbocycles. The van der Waals surface area contributed by atoms with Crippen molar-refractivity contribution in [2.45, 2.75) is 39.2 Å². The highest BCUT2D eigenvalue weighted by Gasteiger charge is 2.31. The van der Waals surface area contributed by atoms with Gasteiger partial charge in [-0.25, -0.2) is 4.98 Å². The number of ether oxygens (including phenoxy) is 1. The van der Waals surface area contributed by atoms with Gasteiger partial charge in [-0.15, -0.1) is 13.2 Å². The molecule has 0 bridgehead atoms. The first-order valence-electron chi connectivity index (χ1n) is 9.72. The normalized spacial score (nSPS) is 12.3. The first kappa shape index (κ1) is 22.9. The smallest absolute Gasteiger partial charge is 0.406 e. The fourth-order valence-corrected chi connectivity index (χ4v) is 3.18. The van der Waals surface area contributed by atoms with Gasteiger partial charge in [0.15, 0.2) is 0 Å². The van der Waals surface area contributed by atoms with Crippen molar-refractivity contribution >= 4 is 27.7 Å². The number of hydrogen-bond donors (Lipinski definition) is 2. The van der Waals surface area contributed by atoms with Crippen LogP contribution in [-0.2, 0) is 6.54 Å². The molecule has 9 heteroatoms. The number of benzene rings is 2. The Morgan fingerprint density at radius 3 is 2.55 bits per heavy atom. The molecule has 5 nitrogen and oxygen atoms in total. The standard InChI is InChI=1S/C22H22BrF3N4O/c1-3-14(2)28-21-29-19(15-8-6-9-17(11-15)31-22(24,25)26)12-20(30-21)27-13-16-7-4-5-10-18(16)23/h4-12,14H,3,13H2,1-2H3,(H2,27,28,29,30)/t14-/m0/s1. The molecule has 0 aliphatic rings. The lowest BCUT2D eigenvalue weighted by Gasteiger charge is -2.15. The van der Waals surface area contributed by atoms with Gasteiger partial charge in [0.05, 0.1) is 5.69 Å². The molecule has 3 aromatic rings. The minimum absolute atomic E-state index is 0.131. The van der Waals surface area contributed by atoms with Crippen LogP contribution in [0.15, 0.2) is 59.1 Å². The number of hydrogen-bond acceptors (Lipinski definition) is 5. The predicted molar refractivity (Wildman–Crippen MR) is 119 cm³/mol. The van der Waals surface area contributed by atoms with Gasteiger partial charge in [0.1, 0.15) is 11.6 Å². The number of aromatic nitrogens is 2. The van der Waals surface area contributed by atoms with Crippen molar-refractivity contribution in [2.24, 2.45) is 0 Å². The van der Waals surface area contributed by atoms with E-state index in [0.717, 1.165) is 16.5 Å². The summed E-state index contributed by atoms with van der Waals surface area (Å²) in [6, 6.07) is 15.4. The Morgan fingerprint density at radius 2 is 1.84 bits per heavy atom. The van der Waals surface area contributed by atoms with Crippen molar-refractivity contribution in [1.82, 2.24) is 9.97 Å². The molecule has 0 saturated heterocycles. The molecule has 1 aromatic heterocycles. The fourth-order valence-electron chi connectivity index (χ4n) is 2.75. The minimum atomic E-state index is -4.76. The van der Waals surface area contributed by atoms with E-state index in [2.05, 4.69) is 41.3 Å². The zero-order valence-corrected chi connectivity index (χ0v) is 18.6. The average Bonchev–Trinajstić information content (AvgIpc) is 2.72. The summed E-state index contributed by atoms with van der Waals surface area (Å²) in [4.78, 5) is 9.01. The van der Waals surface area contributed by atoms with Crippen molar-refractivity contribution < 1.29 is 17.9 Å². The highest BCUT2D eigenvalue weighted by Crippen LogP contribution is 2.29. The van der Waals surface area contributed by atoms with Crippen molar-refractivity contribution in [2.75, 3.05) is 10.6 Å². The Morgan fingerprint density at radius 1 is 1.06 bits per heavy atom. The summed E-state index contributed by atoms with van der Waals surface area (Å²) in [5, 5.41) is 6.49. The van der Waals surface area contributed by atoms with Crippen LogP contribution in [0.1, 0.15) is 25.8 Å². The summed E-state index contributed by atoms with van der Waals surface area (Å²) in [7, 11) is 0. The molecule has 31 heavy (non-hydrogen) atoms. The Kier molecular flexibility index (Phi) is 7.37. The van der Waals surface area contributed by atoms with Crippen molar-refractivity contribution in [3.05, 3.63) is 64.6 Å². The molecule has 164 valence electrons. The van der Waals surface area contributed by atoms with E-state index in [4.69, 9.17) is 0 Å². The molecule has 2 aromatic carbocycles. The van der Waals surface area contributed by atoms with Gasteiger partial charge in [-0.05, 0) is 37.1 Å². The monoisotopic (exact) mass is 494 g/mol. The molecular formula is C22H22BrF3N4O. The molecule has 1 atom stereocenters. The number of alkyl halides is 3. The molecule has 0 saturated carbocycles. The van der Waals surface area contributed by atoms with Gasteiger partial charge in [0, 0.05) is 28.7 Å². The third kappa shape index (κ3) is 6.85. The van der Waals surface area contributed by atoms with Gasteiger partial charge in [0.25, 0.3) is 0 Å². The van der Waals surface area contributed by atoms with Crippen LogP contribution in [0.3, 0.4) is 0 Å². The minimum Gasteiger partial charge on any atom is -0.406 e. The average molecular weight is 495 g/mol. The molecule has 0 amide bonds. The summed E-state index contributed by atoms with van der Waals surface area (Å²) in [6.07, 6.45) is -3.90. The number of anilines is 2. The summed E-state index contributed by atoms with van der Waals surface area (Å²) >= 11 is 3.52. The van der Waals surface area contributed by atoms with Crippen LogP contribution >= 0.6 is 15.9 Å². The molecule has 3 rings (SSSR count). The van der Waals surface area contributed by atoms with Crippen LogP contribution in [0.4, 0.5) is 24.9 Å². The van der Waals surface area contributed by atoms with Gasteiger partial charge < -0.3 is 15.4 Å². The van der Waals surface area contributed by atoms with E-state index >= 15 is 0 Å². The van der Waals surface area contributed by atoms with E-state index in [1.165, 1.54) is 18.2 Å². The van der Waals surface area contributed by atoms with Gasteiger partial charge in [0.2, 0.25) is 5.95 Å². The second-order valence-corrected chi connectivity index (χ2v) is 7.79. The lowest BCUT2D eigenvalue weighted by molar-refractivity contribution is -0.274. The van der Waals surface area contributed by atoms with Crippen LogP contribution in [0, 0.1) is 0 Å². The molecule has 1 heterocycles. The first-order chi connectivity index (χ1) is 14.7. The van der Waals surface area contributed by atoms with Crippen LogP contribution in [0.5, 0.6) is 5.75 Å². The molecular weight excluding hydrogens is 473 g/mol. The molecule has 0 aliphatic heterocycles. The maximum absolute atomic E-state index is 12.6. The van der Waals surface area contributed by atoms with E-state index in [0.29, 0.717) is 29.6 Å². The Bertz CT molecular complexity index is 1030. The van der Waals surface area contributed by atoms with E-state index in [1.54, 1.807) is 12.1 Å². The molecule has 0 fully saturated rings. The zero-order chi connectivity index (χ0) is 22.4. The van der Waals surface area contributed by atoms with E-state index in [-0.39, 0.29) is 11.8 Å². The molecule has 2 N–H and O–H groups in total. The number of halogens is 4. The number of nitrogens with zero attached hydrogens (tertiary/aromatic N) is 2. The number of rotatable bonds is 8. The van der Waals surface area contributed by atoms with E-state index < -0.39 is 6.36 Å². The van der Waals surface area contributed by atoms with Crippen LogP contribution in [0.25, 0.3) is 11.3 Å². The van der Waals surface area contributed by atoms with Gasteiger partial charge >= 0.3 is 6.36 Å². The first-order valence-corrected chi connectivity index (χ1v) is 10.5. The zero-order valence-electron chi connectivity index (χ0n) is 17.0. The third-order valence-electron chi connectivity index (χ3n) is 4.50. The number of nitrogens with one attached hydrogen (secondary N) is 2. The van der Waals surface area contributed by atoms with Gasteiger partial charge in [-0.3, -0.25) is 0 Å². The largest absolute Gasteiger partial charge is 0.573 e. The van der Waals surface area contributed by atoms with Crippen molar-refractivity contribution in [1.29, 1.82) is 0 Å². The third-order valence-corrected chi connectivity index (χ3v) is 5.27. The topological polar surface area (TPSA) is 59.1 Å². The highest BCUT2D eigenvalue weighted by molar-refractivity contribution is 9.10. The lowest BCUT2D eigenvalue weighted by atomic mass is 10.1.